The number of ether oxygens (including phenoxy) is 1. The van der Waals surface area contributed by atoms with Crippen LogP contribution in [-0.2, 0) is 9.53 Å². The molecule has 0 radical (unpaired) electrons. The van der Waals surface area contributed by atoms with Crippen LogP contribution in [-0.4, -0.2) is 37.1 Å². The van der Waals surface area contributed by atoms with Crippen molar-refractivity contribution in [3.8, 4) is 0 Å². The number of rotatable bonds is 7. The molecular formula is C15H21ClN2O2. The lowest BCUT2D eigenvalue weighted by molar-refractivity contribution is -0.128. The molecular weight excluding hydrogens is 276 g/mol. The summed E-state index contributed by atoms with van der Waals surface area (Å²) in [6, 6.07) is 7.62. The van der Waals surface area contributed by atoms with E-state index in [1.165, 1.54) is 0 Å². The van der Waals surface area contributed by atoms with Gasteiger partial charge in [-0.05, 0) is 30.5 Å². The Morgan fingerprint density at radius 3 is 2.80 bits per heavy atom. The molecule has 1 aliphatic heterocycles. The minimum atomic E-state index is -0.0501. The number of nitrogens with one attached hydrogen (secondary N) is 1. The van der Waals surface area contributed by atoms with Crippen LogP contribution in [0.25, 0.3) is 0 Å². The molecule has 20 heavy (non-hydrogen) atoms. The lowest BCUT2D eigenvalue weighted by atomic mass is 10.1. The molecule has 1 aromatic carbocycles. The maximum absolute atomic E-state index is 11.9. The number of carbonyl (C=O) groups is 1. The first kappa shape index (κ1) is 15.3. The Morgan fingerprint density at radius 2 is 2.10 bits per heavy atom. The number of hydrogen-bond donors (Lipinski definition) is 1. The van der Waals surface area contributed by atoms with Crippen LogP contribution in [0.4, 0.5) is 0 Å². The highest BCUT2D eigenvalue weighted by Crippen LogP contribution is 2.23. The van der Waals surface area contributed by atoms with Gasteiger partial charge in [0.15, 0.2) is 0 Å². The third-order valence-electron chi connectivity index (χ3n) is 3.30. The van der Waals surface area contributed by atoms with Gasteiger partial charge in [-0.15, -0.1) is 0 Å². The van der Waals surface area contributed by atoms with Gasteiger partial charge in [-0.2, -0.15) is 0 Å². The first-order valence-corrected chi connectivity index (χ1v) is 7.46. The Labute approximate surface area is 125 Å². The predicted octanol–water partition coefficient (Wildman–Crippen LogP) is 2.59. The fraction of sp³-hybridized carbons (Fsp3) is 0.533. The van der Waals surface area contributed by atoms with Gasteiger partial charge in [0.2, 0.25) is 5.91 Å². The van der Waals surface area contributed by atoms with E-state index in [1.54, 1.807) is 0 Å². The van der Waals surface area contributed by atoms with Gasteiger partial charge in [-0.3, -0.25) is 10.1 Å². The topological polar surface area (TPSA) is 41.6 Å². The Hall–Kier alpha value is -1.10. The van der Waals surface area contributed by atoms with Crippen molar-refractivity contribution in [2.75, 3.05) is 26.3 Å². The average Bonchev–Trinajstić information content (AvgIpc) is 2.81. The average molecular weight is 297 g/mol. The molecule has 2 rings (SSSR count). The quantitative estimate of drug-likeness (QED) is 0.786. The molecule has 0 saturated carbocycles. The summed E-state index contributed by atoms with van der Waals surface area (Å²) in [5, 5.41) is 3.94. The van der Waals surface area contributed by atoms with Gasteiger partial charge in [0, 0.05) is 24.8 Å². The molecule has 0 aromatic heterocycles. The molecule has 1 saturated heterocycles. The van der Waals surface area contributed by atoms with Crippen molar-refractivity contribution in [3.05, 3.63) is 34.9 Å². The minimum Gasteiger partial charge on any atom is -0.381 e. The van der Waals surface area contributed by atoms with E-state index < -0.39 is 0 Å². The van der Waals surface area contributed by atoms with Crippen LogP contribution < -0.4 is 5.32 Å². The first-order chi connectivity index (χ1) is 9.72. The highest BCUT2D eigenvalue weighted by molar-refractivity contribution is 6.30. The molecule has 1 amide bonds. The summed E-state index contributed by atoms with van der Waals surface area (Å²) in [5.74, 6) is 0.139. The van der Waals surface area contributed by atoms with E-state index in [4.69, 9.17) is 16.3 Å². The Morgan fingerprint density at radius 1 is 1.35 bits per heavy atom. The second-order valence-electron chi connectivity index (χ2n) is 4.89. The van der Waals surface area contributed by atoms with Gasteiger partial charge in [0.1, 0.15) is 6.17 Å². The monoisotopic (exact) mass is 296 g/mol. The van der Waals surface area contributed by atoms with E-state index in [-0.39, 0.29) is 12.1 Å². The van der Waals surface area contributed by atoms with Crippen LogP contribution in [0.3, 0.4) is 0 Å². The van der Waals surface area contributed by atoms with Gasteiger partial charge in [0.25, 0.3) is 0 Å². The Balaban J connectivity index is 1.91. The molecule has 5 heteroatoms. The van der Waals surface area contributed by atoms with Crippen LogP contribution in [0.5, 0.6) is 0 Å². The fourth-order valence-electron chi connectivity index (χ4n) is 2.32. The molecule has 1 heterocycles. The molecule has 1 atom stereocenters. The zero-order valence-electron chi connectivity index (χ0n) is 11.8. The first-order valence-electron chi connectivity index (χ1n) is 7.08. The largest absolute Gasteiger partial charge is 0.381 e. The molecule has 0 bridgehead atoms. The van der Waals surface area contributed by atoms with Crippen LogP contribution in [0.15, 0.2) is 24.3 Å². The van der Waals surface area contributed by atoms with Gasteiger partial charge >= 0.3 is 0 Å². The van der Waals surface area contributed by atoms with E-state index in [9.17, 15) is 4.79 Å². The Kier molecular flexibility index (Phi) is 5.83. The fourth-order valence-corrected chi connectivity index (χ4v) is 2.45. The predicted molar refractivity (Wildman–Crippen MR) is 79.6 cm³/mol. The summed E-state index contributed by atoms with van der Waals surface area (Å²) < 4.78 is 5.46. The van der Waals surface area contributed by atoms with Crippen molar-refractivity contribution < 1.29 is 9.53 Å². The summed E-state index contributed by atoms with van der Waals surface area (Å²) in [4.78, 5) is 13.8. The third kappa shape index (κ3) is 3.95. The minimum absolute atomic E-state index is 0.0501. The lowest BCUT2D eigenvalue weighted by Gasteiger charge is -2.24. The summed E-state index contributed by atoms with van der Waals surface area (Å²) in [5.41, 5.74) is 1.06. The number of benzene rings is 1. The number of halogens is 1. The van der Waals surface area contributed by atoms with E-state index in [0.717, 1.165) is 25.0 Å². The number of carbonyl (C=O) groups excluding carboxylic acids is 1. The zero-order chi connectivity index (χ0) is 14.4. The van der Waals surface area contributed by atoms with Crippen molar-refractivity contribution in [2.45, 2.75) is 25.9 Å². The van der Waals surface area contributed by atoms with Gasteiger partial charge in [0.05, 0.1) is 6.54 Å². The van der Waals surface area contributed by atoms with E-state index in [1.807, 2.05) is 29.2 Å². The standard InChI is InChI=1S/C15H21ClN2O2/c1-2-9-20-10-3-8-18-14(19)11-17-15(18)12-4-6-13(16)7-5-12/h4-7,15,17H,2-3,8-11H2,1H3. The highest BCUT2D eigenvalue weighted by atomic mass is 35.5. The molecule has 1 unspecified atom stereocenters. The van der Waals surface area contributed by atoms with E-state index >= 15 is 0 Å². The van der Waals surface area contributed by atoms with Crippen LogP contribution in [0, 0.1) is 0 Å². The van der Waals surface area contributed by atoms with Crippen molar-refractivity contribution in [1.29, 1.82) is 0 Å². The smallest absolute Gasteiger partial charge is 0.238 e. The van der Waals surface area contributed by atoms with Crippen molar-refractivity contribution in [3.63, 3.8) is 0 Å². The molecule has 0 spiro atoms. The molecule has 1 fully saturated rings. The summed E-state index contributed by atoms with van der Waals surface area (Å²) in [7, 11) is 0. The Bertz CT molecular complexity index is 436. The second-order valence-corrected chi connectivity index (χ2v) is 5.32. The summed E-state index contributed by atoms with van der Waals surface area (Å²) >= 11 is 5.90. The zero-order valence-corrected chi connectivity index (χ0v) is 12.5. The van der Waals surface area contributed by atoms with Crippen LogP contribution in [0.1, 0.15) is 31.5 Å². The van der Waals surface area contributed by atoms with Gasteiger partial charge in [-0.25, -0.2) is 0 Å². The number of hydrogen-bond acceptors (Lipinski definition) is 3. The normalized spacial score (nSPS) is 18.8. The highest BCUT2D eigenvalue weighted by Gasteiger charge is 2.30. The van der Waals surface area contributed by atoms with E-state index in [2.05, 4.69) is 12.2 Å². The second kappa shape index (κ2) is 7.62. The third-order valence-corrected chi connectivity index (χ3v) is 3.55. The van der Waals surface area contributed by atoms with Crippen LogP contribution >= 0.6 is 11.6 Å². The van der Waals surface area contributed by atoms with Gasteiger partial charge < -0.3 is 9.64 Å². The summed E-state index contributed by atoms with van der Waals surface area (Å²) in [6.07, 6.45) is 1.83. The maximum atomic E-state index is 11.9. The molecule has 4 nitrogen and oxygen atoms in total. The van der Waals surface area contributed by atoms with Crippen molar-refractivity contribution in [2.24, 2.45) is 0 Å². The molecule has 1 aliphatic rings. The van der Waals surface area contributed by atoms with E-state index in [0.29, 0.717) is 24.7 Å². The number of amides is 1. The molecule has 1 aromatic rings. The van der Waals surface area contributed by atoms with Crippen molar-refractivity contribution >= 4 is 17.5 Å². The van der Waals surface area contributed by atoms with Gasteiger partial charge in [-0.1, -0.05) is 30.7 Å². The lowest BCUT2D eigenvalue weighted by Crippen LogP contribution is -2.31. The van der Waals surface area contributed by atoms with Crippen LogP contribution in [0.2, 0.25) is 5.02 Å². The summed E-state index contributed by atoms with van der Waals surface area (Å²) in [6.45, 7) is 4.67. The maximum Gasteiger partial charge on any atom is 0.238 e. The van der Waals surface area contributed by atoms with Crippen molar-refractivity contribution in [1.82, 2.24) is 10.2 Å². The SMILES string of the molecule is CCCOCCCN1C(=O)CNC1c1ccc(Cl)cc1. The molecule has 110 valence electrons. The molecule has 0 aliphatic carbocycles. The number of nitrogens with zero attached hydrogens (tertiary/aromatic N) is 1. The molecule has 1 N–H and O–H groups in total.